The van der Waals surface area contributed by atoms with Crippen molar-refractivity contribution >= 4 is 11.6 Å². The maximum atomic E-state index is 13.7. The average Bonchev–Trinajstić information content (AvgIpc) is 3.23. The number of aromatic hydroxyl groups is 1. The van der Waals surface area contributed by atoms with E-state index in [2.05, 4.69) is 0 Å². The monoisotopic (exact) mass is 578 g/mol. The highest BCUT2D eigenvalue weighted by molar-refractivity contribution is 6.30. The number of carbonyl (C=O) groups excluding carboxylic acids is 2. The van der Waals surface area contributed by atoms with Crippen LogP contribution < -0.4 is 9.47 Å². The number of hydrogen-bond acceptors (Lipinski definition) is 14. The van der Waals surface area contributed by atoms with Crippen molar-refractivity contribution in [3.8, 4) is 17.2 Å². The number of benzene rings is 2. The number of fused-ring (bicyclic) bond motifs is 2. The number of aliphatic hydroxyl groups excluding tert-OH is 5. The molecule has 0 radical (unpaired) electrons. The van der Waals surface area contributed by atoms with Crippen molar-refractivity contribution < 1.29 is 69.0 Å². The molecular formula is C27H30O14. The average molecular weight is 579 g/mol. The number of carbonyl (C=O) groups is 2. The molecule has 41 heavy (non-hydrogen) atoms. The maximum Gasteiger partial charge on any atom is 0.229 e. The minimum absolute atomic E-state index is 0.0167. The maximum absolute atomic E-state index is 13.7. The predicted molar refractivity (Wildman–Crippen MR) is 134 cm³/mol. The van der Waals surface area contributed by atoms with Gasteiger partial charge in [0, 0.05) is 17.2 Å². The third kappa shape index (κ3) is 4.86. The van der Waals surface area contributed by atoms with E-state index < -0.39 is 85.8 Å². The summed E-state index contributed by atoms with van der Waals surface area (Å²) < 4.78 is 27.8. The van der Waals surface area contributed by atoms with Crippen molar-refractivity contribution in [3.05, 3.63) is 52.1 Å². The number of methoxy groups -OCH3 is 1. The number of ether oxygens (including phenoxy) is 5. The third-order valence-corrected chi connectivity index (χ3v) is 7.46. The minimum atomic E-state index is -2.07. The van der Waals surface area contributed by atoms with Crippen LogP contribution in [0.3, 0.4) is 0 Å². The van der Waals surface area contributed by atoms with Crippen molar-refractivity contribution in [3.63, 3.8) is 0 Å². The first-order valence-electron chi connectivity index (χ1n) is 12.7. The summed E-state index contributed by atoms with van der Waals surface area (Å²) in [6, 6.07) is 5.39. The van der Waals surface area contributed by atoms with Crippen LogP contribution in [0.5, 0.6) is 17.2 Å². The molecule has 0 bridgehead atoms. The van der Waals surface area contributed by atoms with Gasteiger partial charge in [0.15, 0.2) is 18.2 Å². The predicted octanol–water partition coefficient (Wildman–Crippen LogP) is -1.87. The highest BCUT2D eigenvalue weighted by Crippen LogP contribution is 2.41. The Balaban J connectivity index is 1.55. The Morgan fingerprint density at radius 2 is 1.68 bits per heavy atom. The number of phenols is 1. The molecule has 0 spiro atoms. The van der Waals surface area contributed by atoms with Crippen molar-refractivity contribution in [1.29, 1.82) is 0 Å². The molecule has 14 nitrogen and oxygen atoms in total. The van der Waals surface area contributed by atoms with E-state index in [1.807, 2.05) is 0 Å². The van der Waals surface area contributed by atoms with Gasteiger partial charge in [0.2, 0.25) is 12.1 Å². The minimum Gasteiger partial charge on any atom is -0.507 e. The van der Waals surface area contributed by atoms with Gasteiger partial charge in [0.05, 0.1) is 38.1 Å². The third-order valence-electron chi connectivity index (χ3n) is 7.46. The Bertz CT molecular complexity index is 1360. The van der Waals surface area contributed by atoms with E-state index in [-0.39, 0.29) is 33.8 Å². The van der Waals surface area contributed by atoms with Crippen LogP contribution in [-0.2, 0) is 14.2 Å². The zero-order valence-corrected chi connectivity index (χ0v) is 22.0. The molecule has 8 atom stereocenters. The van der Waals surface area contributed by atoms with E-state index in [1.165, 1.54) is 31.4 Å². The summed E-state index contributed by atoms with van der Waals surface area (Å²) in [4.78, 5) is 27.1. The first kappa shape index (κ1) is 29.3. The van der Waals surface area contributed by atoms with Crippen LogP contribution in [0.1, 0.15) is 37.4 Å². The highest BCUT2D eigenvalue weighted by Gasteiger charge is 2.53. The summed E-state index contributed by atoms with van der Waals surface area (Å²) in [5.74, 6) is -1.93. The first-order chi connectivity index (χ1) is 19.4. The van der Waals surface area contributed by atoms with Gasteiger partial charge in [-0.05, 0) is 30.7 Å². The van der Waals surface area contributed by atoms with Crippen molar-refractivity contribution in [2.75, 3.05) is 26.9 Å². The first-order valence-corrected chi connectivity index (χ1v) is 12.7. The Labute approximate surface area is 232 Å². The molecule has 14 heteroatoms. The lowest BCUT2D eigenvalue weighted by atomic mass is 9.82. The van der Waals surface area contributed by atoms with Crippen LogP contribution in [0.15, 0.2) is 24.3 Å². The molecule has 2 aromatic carbocycles. The van der Waals surface area contributed by atoms with E-state index in [0.29, 0.717) is 5.56 Å². The molecular weight excluding hydrogens is 548 g/mol. The number of ketones is 2. The number of phenolic OH excluding ortho intramolecular Hbond substituents is 1. The second kappa shape index (κ2) is 10.9. The fourth-order valence-corrected chi connectivity index (χ4v) is 5.15. The zero-order chi connectivity index (χ0) is 29.8. The van der Waals surface area contributed by atoms with Gasteiger partial charge in [-0.3, -0.25) is 9.59 Å². The smallest absolute Gasteiger partial charge is 0.229 e. The fraction of sp³-hybridized carbons (Fsp3) is 0.481. The van der Waals surface area contributed by atoms with Gasteiger partial charge >= 0.3 is 0 Å². The lowest BCUT2D eigenvalue weighted by molar-refractivity contribution is -0.319. The molecule has 2 saturated heterocycles. The number of rotatable bonds is 7. The summed E-state index contributed by atoms with van der Waals surface area (Å²) in [5.41, 5.74) is -2.13. The molecule has 0 saturated carbocycles. The molecule has 1 aliphatic carbocycles. The van der Waals surface area contributed by atoms with Crippen LogP contribution in [0.4, 0.5) is 0 Å². The van der Waals surface area contributed by atoms with Gasteiger partial charge in [0.25, 0.3) is 0 Å². The SMILES string of the molecule is COc1cc(O[C@@H]2O[C@H](CO)[C@@H](O)[C@H](O)[C@H]2O[C@@H]2OC[C@](O)(CO)[C@H]2O)c2c(c1)C(=O)c1cc(C)cc(O)c1C2=O. The summed E-state index contributed by atoms with van der Waals surface area (Å²) in [5, 5.41) is 71.8. The van der Waals surface area contributed by atoms with Gasteiger partial charge in [-0.2, -0.15) is 0 Å². The van der Waals surface area contributed by atoms with Crippen molar-refractivity contribution in [1.82, 2.24) is 0 Å². The van der Waals surface area contributed by atoms with Gasteiger partial charge in [0.1, 0.15) is 47.3 Å². The molecule has 222 valence electrons. The lowest BCUT2D eigenvalue weighted by Crippen LogP contribution is -2.62. The number of aliphatic hydroxyl groups is 6. The van der Waals surface area contributed by atoms with Crippen LogP contribution in [-0.4, -0.2) is 123 Å². The molecule has 0 aromatic heterocycles. The summed E-state index contributed by atoms with van der Waals surface area (Å²) in [6.07, 6.45) is -11.6. The Morgan fingerprint density at radius 3 is 2.32 bits per heavy atom. The Hall–Kier alpha value is -3.18. The van der Waals surface area contributed by atoms with Crippen LogP contribution in [0.2, 0.25) is 0 Å². The largest absolute Gasteiger partial charge is 0.507 e. The normalized spacial score (nSPS) is 32.9. The van der Waals surface area contributed by atoms with E-state index in [0.717, 1.165) is 0 Å². The zero-order valence-electron chi connectivity index (χ0n) is 22.0. The Kier molecular flexibility index (Phi) is 7.80. The second-order valence-corrected chi connectivity index (χ2v) is 10.2. The van der Waals surface area contributed by atoms with Crippen molar-refractivity contribution in [2.45, 2.75) is 55.6 Å². The molecule has 2 fully saturated rings. The molecule has 2 aliphatic heterocycles. The highest BCUT2D eigenvalue weighted by atomic mass is 16.8. The lowest BCUT2D eigenvalue weighted by Gasteiger charge is -2.42. The van der Waals surface area contributed by atoms with Crippen LogP contribution in [0, 0.1) is 6.92 Å². The van der Waals surface area contributed by atoms with Crippen LogP contribution >= 0.6 is 0 Å². The van der Waals surface area contributed by atoms with Crippen molar-refractivity contribution in [2.24, 2.45) is 0 Å². The summed E-state index contributed by atoms with van der Waals surface area (Å²) in [6.45, 7) is -0.495. The van der Waals surface area contributed by atoms with Gasteiger partial charge in [-0.25, -0.2) is 0 Å². The standard InChI is InChI=1S/C27H30O14/c1-10-3-12-17(14(30)4-10)21(33)18-13(19(12)31)5-11(37-2)6-15(18)39-25-23(22(34)20(32)16(7-28)40-25)41-26-24(35)27(36,8-29)9-38-26/h3-6,16,20,22-26,28-30,32,34-36H,7-9H2,1-2H3/t16-,20-,22+,23-,24+,25-,26+,27-/m1/s1. The van der Waals surface area contributed by atoms with E-state index in [1.54, 1.807) is 6.92 Å². The number of aryl methyl sites for hydroxylation is 1. The van der Waals surface area contributed by atoms with E-state index in [9.17, 15) is 45.3 Å². The fourth-order valence-electron chi connectivity index (χ4n) is 5.15. The second-order valence-electron chi connectivity index (χ2n) is 10.2. The summed E-state index contributed by atoms with van der Waals surface area (Å²) in [7, 11) is 1.32. The van der Waals surface area contributed by atoms with Gasteiger partial charge < -0.3 is 59.4 Å². The molecule has 5 rings (SSSR count). The van der Waals surface area contributed by atoms with Gasteiger partial charge in [-0.15, -0.1) is 0 Å². The number of hydrogen-bond donors (Lipinski definition) is 7. The molecule has 2 aromatic rings. The van der Waals surface area contributed by atoms with E-state index >= 15 is 0 Å². The van der Waals surface area contributed by atoms with Gasteiger partial charge in [-0.1, -0.05) is 0 Å². The molecule has 3 aliphatic rings. The topological polar surface area (TPSA) is 222 Å². The van der Waals surface area contributed by atoms with Crippen LogP contribution in [0.25, 0.3) is 0 Å². The quantitative estimate of drug-likeness (QED) is 0.163. The molecule has 0 amide bonds. The molecule has 7 N–H and O–H groups in total. The Morgan fingerprint density at radius 1 is 0.976 bits per heavy atom. The molecule has 0 unspecified atom stereocenters. The molecule has 2 heterocycles. The summed E-state index contributed by atoms with van der Waals surface area (Å²) >= 11 is 0. The van der Waals surface area contributed by atoms with E-state index in [4.69, 9.17) is 23.7 Å².